The number of thiazole rings is 1. The molecule has 0 fully saturated rings. The molecule has 6 heteroatoms. The molecule has 0 aliphatic heterocycles. The molecule has 1 aromatic heterocycles. The van der Waals surface area contributed by atoms with Crippen LogP contribution in [0.2, 0.25) is 0 Å². The van der Waals surface area contributed by atoms with Gasteiger partial charge in [0.05, 0.1) is 10.2 Å². The maximum absolute atomic E-state index is 9.20. The number of hydrogen-bond acceptors (Lipinski definition) is 5. The van der Waals surface area contributed by atoms with Crippen LogP contribution in [0.25, 0.3) is 20.8 Å². The fourth-order valence-electron chi connectivity index (χ4n) is 2.09. The van der Waals surface area contributed by atoms with Crippen molar-refractivity contribution in [2.45, 2.75) is 6.92 Å². The quantitative estimate of drug-likeness (QED) is 0.492. The molecule has 3 rings (SSSR count). The summed E-state index contributed by atoms with van der Waals surface area (Å²) in [4.78, 5) is 4.55. The van der Waals surface area contributed by atoms with Gasteiger partial charge in [-0.25, -0.2) is 4.98 Å². The minimum atomic E-state index is -1.46. The van der Waals surface area contributed by atoms with Gasteiger partial charge in [-0.05, 0) is 42.2 Å². The van der Waals surface area contributed by atoms with Crippen molar-refractivity contribution < 1.29 is 10.0 Å². The van der Waals surface area contributed by atoms with Gasteiger partial charge in [0.15, 0.2) is 0 Å². The molecule has 0 amide bonds. The van der Waals surface area contributed by atoms with E-state index in [4.69, 9.17) is 5.73 Å². The van der Waals surface area contributed by atoms with Gasteiger partial charge in [0.25, 0.3) is 0 Å². The number of hydrogen-bond donors (Lipinski definition) is 3. The summed E-state index contributed by atoms with van der Waals surface area (Å²) in [5, 5.41) is 19.2. The number of aryl methyl sites for hydroxylation is 1. The monoisotopic (exact) mass is 284 g/mol. The van der Waals surface area contributed by atoms with Crippen LogP contribution in [0.15, 0.2) is 36.4 Å². The van der Waals surface area contributed by atoms with E-state index in [1.54, 1.807) is 18.2 Å². The molecule has 20 heavy (non-hydrogen) atoms. The van der Waals surface area contributed by atoms with Crippen molar-refractivity contribution in [1.29, 1.82) is 0 Å². The molecule has 0 aliphatic rings. The summed E-state index contributed by atoms with van der Waals surface area (Å²) in [7, 11) is -1.46. The maximum Gasteiger partial charge on any atom is 0.488 e. The number of aromatic nitrogens is 1. The SMILES string of the molecule is Cc1ccc(-c2nc3ccc(B(O)O)cc3s2)c(N)c1. The van der Waals surface area contributed by atoms with Crippen molar-refractivity contribution in [2.24, 2.45) is 0 Å². The Labute approximate surface area is 120 Å². The van der Waals surface area contributed by atoms with Crippen molar-refractivity contribution in [2.75, 3.05) is 5.73 Å². The Hall–Kier alpha value is -1.89. The van der Waals surface area contributed by atoms with Crippen LogP contribution in [0, 0.1) is 6.92 Å². The molecule has 0 saturated carbocycles. The average molecular weight is 284 g/mol. The van der Waals surface area contributed by atoms with Gasteiger partial charge in [-0.1, -0.05) is 12.1 Å². The Bertz CT molecular complexity index is 786. The van der Waals surface area contributed by atoms with Crippen LogP contribution < -0.4 is 11.2 Å². The van der Waals surface area contributed by atoms with Crippen LogP contribution in [0.1, 0.15) is 5.56 Å². The van der Waals surface area contributed by atoms with E-state index in [-0.39, 0.29) is 0 Å². The Balaban J connectivity index is 2.13. The number of rotatable bonds is 2. The minimum absolute atomic E-state index is 0.463. The lowest BCUT2D eigenvalue weighted by Crippen LogP contribution is -2.29. The molecule has 0 bridgehead atoms. The molecule has 0 spiro atoms. The number of nitrogen functional groups attached to an aromatic ring is 1. The summed E-state index contributed by atoms with van der Waals surface area (Å²) in [6.07, 6.45) is 0. The third kappa shape index (κ3) is 2.29. The van der Waals surface area contributed by atoms with Crippen molar-refractivity contribution in [1.82, 2.24) is 4.98 Å². The molecule has 2 aromatic carbocycles. The van der Waals surface area contributed by atoms with Crippen LogP contribution >= 0.6 is 11.3 Å². The number of nitrogens with two attached hydrogens (primary N) is 1. The van der Waals surface area contributed by atoms with E-state index in [9.17, 15) is 10.0 Å². The lowest BCUT2D eigenvalue weighted by Gasteiger charge is -2.02. The smallest absolute Gasteiger partial charge is 0.423 e. The van der Waals surface area contributed by atoms with Gasteiger partial charge in [0.2, 0.25) is 0 Å². The van der Waals surface area contributed by atoms with Gasteiger partial charge >= 0.3 is 7.12 Å². The van der Waals surface area contributed by atoms with E-state index in [1.807, 2.05) is 25.1 Å². The van der Waals surface area contributed by atoms with Gasteiger partial charge in [-0.2, -0.15) is 0 Å². The first-order chi connectivity index (χ1) is 9.54. The third-order valence-electron chi connectivity index (χ3n) is 3.15. The predicted molar refractivity (Wildman–Crippen MR) is 84.0 cm³/mol. The molecule has 4 nitrogen and oxygen atoms in total. The molecule has 0 aliphatic carbocycles. The molecule has 4 N–H and O–H groups in total. The van der Waals surface area contributed by atoms with E-state index < -0.39 is 7.12 Å². The third-order valence-corrected chi connectivity index (χ3v) is 4.20. The number of nitrogens with zero attached hydrogens (tertiary/aromatic N) is 1. The fraction of sp³-hybridized carbons (Fsp3) is 0.0714. The first kappa shape index (κ1) is 13.1. The molecule has 0 atom stereocenters. The Kier molecular flexibility index (Phi) is 3.21. The van der Waals surface area contributed by atoms with E-state index >= 15 is 0 Å². The standard InChI is InChI=1S/C14H13BN2O2S/c1-8-2-4-10(11(16)6-8)14-17-12-5-3-9(15(18)19)7-13(12)20-14/h2-7,18-19H,16H2,1H3. The van der Waals surface area contributed by atoms with Crippen molar-refractivity contribution in [3.63, 3.8) is 0 Å². The molecule has 0 radical (unpaired) electrons. The topological polar surface area (TPSA) is 79.4 Å². The lowest BCUT2D eigenvalue weighted by molar-refractivity contribution is 0.426. The summed E-state index contributed by atoms with van der Waals surface area (Å²) in [6, 6.07) is 11.1. The second-order valence-electron chi connectivity index (χ2n) is 4.71. The molecular weight excluding hydrogens is 271 g/mol. The van der Waals surface area contributed by atoms with Crippen molar-refractivity contribution in [3.05, 3.63) is 42.0 Å². The van der Waals surface area contributed by atoms with Crippen LogP contribution in [0.5, 0.6) is 0 Å². The van der Waals surface area contributed by atoms with Crippen molar-refractivity contribution in [3.8, 4) is 10.6 Å². The van der Waals surface area contributed by atoms with Gasteiger partial charge in [-0.3, -0.25) is 0 Å². The van der Waals surface area contributed by atoms with E-state index in [1.165, 1.54) is 11.3 Å². The molecule has 0 unspecified atom stereocenters. The second-order valence-corrected chi connectivity index (χ2v) is 5.74. The highest BCUT2D eigenvalue weighted by Gasteiger charge is 2.14. The fourth-order valence-corrected chi connectivity index (χ4v) is 3.16. The predicted octanol–water partition coefficient (Wildman–Crippen LogP) is 1.53. The van der Waals surface area contributed by atoms with Crippen molar-refractivity contribution >= 4 is 39.8 Å². The largest absolute Gasteiger partial charge is 0.488 e. The molecule has 100 valence electrons. The Morgan fingerprint density at radius 1 is 1.15 bits per heavy atom. The average Bonchev–Trinajstić information content (AvgIpc) is 2.80. The van der Waals surface area contributed by atoms with Crippen LogP contribution in [0.4, 0.5) is 5.69 Å². The zero-order valence-electron chi connectivity index (χ0n) is 10.9. The maximum atomic E-state index is 9.20. The van der Waals surface area contributed by atoms with E-state index in [0.29, 0.717) is 11.2 Å². The number of anilines is 1. The van der Waals surface area contributed by atoms with Gasteiger partial charge in [0.1, 0.15) is 5.01 Å². The van der Waals surface area contributed by atoms with E-state index in [2.05, 4.69) is 4.98 Å². The Morgan fingerprint density at radius 2 is 1.95 bits per heavy atom. The molecule has 0 saturated heterocycles. The summed E-state index contributed by atoms with van der Waals surface area (Å²) < 4.78 is 0.908. The number of benzene rings is 2. The first-order valence-corrected chi connectivity index (χ1v) is 6.99. The first-order valence-electron chi connectivity index (χ1n) is 6.18. The second kappa shape index (κ2) is 4.90. The van der Waals surface area contributed by atoms with Crippen LogP contribution in [-0.4, -0.2) is 22.2 Å². The molecular formula is C14H13BN2O2S. The molecule has 3 aromatic rings. The van der Waals surface area contributed by atoms with Crippen LogP contribution in [0.3, 0.4) is 0 Å². The highest BCUT2D eigenvalue weighted by molar-refractivity contribution is 7.21. The van der Waals surface area contributed by atoms with Crippen LogP contribution in [-0.2, 0) is 0 Å². The summed E-state index contributed by atoms with van der Waals surface area (Å²) in [5.74, 6) is 0. The number of fused-ring (bicyclic) bond motifs is 1. The van der Waals surface area contributed by atoms with Gasteiger partial charge in [0, 0.05) is 11.3 Å². The Morgan fingerprint density at radius 3 is 2.65 bits per heavy atom. The zero-order valence-corrected chi connectivity index (χ0v) is 11.7. The summed E-state index contributed by atoms with van der Waals surface area (Å²) >= 11 is 1.49. The van der Waals surface area contributed by atoms with Gasteiger partial charge < -0.3 is 15.8 Å². The van der Waals surface area contributed by atoms with E-state index in [0.717, 1.165) is 26.4 Å². The van der Waals surface area contributed by atoms with Gasteiger partial charge in [-0.15, -0.1) is 11.3 Å². The summed E-state index contributed by atoms with van der Waals surface area (Å²) in [5.41, 5.74) is 10.0. The summed E-state index contributed by atoms with van der Waals surface area (Å²) in [6.45, 7) is 1.99. The highest BCUT2D eigenvalue weighted by atomic mass is 32.1. The lowest BCUT2D eigenvalue weighted by atomic mass is 9.80. The minimum Gasteiger partial charge on any atom is -0.423 e. The zero-order chi connectivity index (χ0) is 14.3. The normalized spacial score (nSPS) is 10.9. The highest BCUT2D eigenvalue weighted by Crippen LogP contribution is 2.33. The molecule has 1 heterocycles.